The minimum absolute atomic E-state index is 0.138. The predicted octanol–water partition coefficient (Wildman–Crippen LogP) is 3.52. The molecule has 3 nitrogen and oxygen atoms in total. The van der Waals surface area contributed by atoms with Crippen molar-refractivity contribution in [3.63, 3.8) is 0 Å². The summed E-state index contributed by atoms with van der Waals surface area (Å²) in [5.41, 5.74) is 0.522. The highest BCUT2D eigenvalue weighted by atomic mass is 19.4. The predicted molar refractivity (Wildman–Crippen MR) is 75.2 cm³/mol. The van der Waals surface area contributed by atoms with Crippen molar-refractivity contribution in [1.29, 1.82) is 0 Å². The number of alkyl halides is 3. The highest BCUT2D eigenvalue weighted by Gasteiger charge is 2.43. The van der Waals surface area contributed by atoms with E-state index >= 15 is 0 Å². The van der Waals surface area contributed by atoms with E-state index in [4.69, 9.17) is 0 Å². The lowest BCUT2D eigenvalue weighted by Crippen LogP contribution is -2.35. The van der Waals surface area contributed by atoms with E-state index in [0.29, 0.717) is 17.7 Å². The molecule has 1 heterocycles. The molecule has 1 aliphatic rings. The van der Waals surface area contributed by atoms with Gasteiger partial charge in [0.25, 0.3) is 0 Å². The number of nitrogens with one attached hydrogen (secondary N) is 2. The molecule has 1 amide bonds. The van der Waals surface area contributed by atoms with Gasteiger partial charge >= 0.3 is 6.18 Å². The second kappa shape index (κ2) is 5.33. The van der Waals surface area contributed by atoms with Crippen LogP contribution in [0.5, 0.6) is 0 Å². The Balaban J connectivity index is 2.41. The van der Waals surface area contributed by atoms with Crippen molar-refractivity contribution in [1.82, 2.24) is 5.32 Å². The molecule has 1 atom stereocenters. The molecule has 0 fully saturated rings. The number of hydrogen-bond donors (Lipinski definition) is 2. The number of carbonyl (C=O) groups excluding carboxylic acids is 1. The molecule has 1 aromatic rings. The number of carbonyl (C=O) groups is 1. The van der Waals surface area contributed by atoms with E-state index in [1.807, 2.05) is 6.92 Å². The van der Waals surface area contributed by atoms with Crippen molar-refractivity contribution in [2.45, 2.75) is 44.8 Å². The summed E-state index contributed by atoms with van der Waals surface area (Å²) >= 11 is 0. The fourth-order valence-electron chi connectivity index (χ4n) is 2.48. The number of halogens is 3. The lowest BCUT2D eigenvalue weighted by atomic mass is 9.84. The Morgan fingerprint density at radius 1 is 1.33 bits per heavy atom. The summed E-state index contributed by atoms with van der Waals surface area (Å²) in [5, 5.41) is 5.22. The van der Waals surface area contributed by atoms with Crippen LogP contribution in [0.1, 0.15) is 44.4 Å². The minimum Gasteiger partial charge on any atom is -0.325 e. The van der Waals surface area contributed by atoms with Gasteiger partial charge in [-0.1, -0.05) is 19.1 Å². The summed E-state index contributed by atoms with van der Waals surface area (Å²) < 4.78 is 39.6. The number of anilines is 1. The molecule has 0 aromatic heterocycles. The Kier molecular flexibility index (Phi) is 4.02. The molecule has 0 saturated heterocycles. The Labute approximate surface area is 121 Å². The first kappa shape index (κ1) is 15.8. The van der Waals surface area contributed by atoms with E-state index in [0.717, 1.165) is 0 Å². The highest BCUT2D eigenvalue weighted by Crippen LogP contribution is 2.41. The van der Waals surface area contributed by atoms with Crippen LogP contribution in [-0.4, -0.2) is 18.6 Å². The normalized spacial score (nSPS) is 18.3. The van der Waals surface area contributed by atoms with E-state index in [1.54, 1.807) is 19.9 Å². The van der Waals surface area contributed by atoms with Crippen LogP contribution >= 0.6 is 0 Å². The molecule has 21 heavy (non-hydrogen) atoms. The summed E-state index contributed by atoms with van der Waals surface area (Å²) in [7, 11) is 0. The van der Waals surface area contributed by atoms with Crippen molar-refractivity contribution in [3.8, 4) is 0 Å². The molecule has 6 heteroatoms. The van der Waals surface area contributed by atoms with Crippen molar-refractivity contribution < 1.29 is 18.0 Å². The average Bonchev–Trinajstić information content (AvgIpc) is 2.60. The second-order valence-electron chi connectivity index (χ2n) is 5.81. The fraction of sp³-hybridized carbons (Fsp3) is 0.533. The lowest BCUT2D eigenvalue weighted by molar-refractivity contribution is -0.157. The zero-order valence-electron chi connectivity index (χ0n) is 12.3. The van der Waals surface area contributed by atoms with Crippen molar-refractivity contribution in [2.75, 3.05) is 11.9 Å². The van der Waals surface area contributed by atoms with Crippen LogP contribution in [0, 0.1) is 0 Å². The molecule has 1 aromatic carbocycles. The first-order valence-electron chi connectivity index (χ1n) is 6.94. The molecule has 0 radical (unpaired) electrons. The summed E-state index contributed by atoms with van der Waals surface area (Å²) in [6.07, 6.45) is -3.76. The molecule has 0 aliphatic carbocycles. The van der Waals surface area contributed by atoms with E-state index < -0.39 is 17.6 Å². The largest absolute Gasteiger partial charge is 0.407 e. The Bertz CT molecular complexity index is 552. The fourth-order valence-corrected chi connectivity index (χ4v) is 2.48. The van der Waals surface area contributed by atoms with E-state index in [-0.39, 0.29) is 18.0 Å². The van der Waals surface area contributed by atoms with Gasteiger partial charge in [0.2, 0.25) is 5.91 Å². The standard InChI is InChI=1S/C15H19F3N2O/c1-4-7-19-12(15(16,17)18)9-5-6-11-10(8-9)14(2,3)13(21)20-11/h5-6,8,12,19H,4,7H2,1-3H3,(H,20,21). The number of fused-ring (bicyclic) bond motifs is 1. The Morgan fingerprint density at radius 3 is 2.57 bits per heavy atom. The molecule has 1 unspecified atom stereocenters. The van der Waals surface area contributed by atoms with Crippen LogP contribution in [-0.2, 0) is 10.2 Å². The molecular weight excluding hydrogens is 281 g/mol. The SMILES string of the molecule is CCCNC(c1ccc2c(c1)C(C)(C)C(=O)N2)C(F)(F)F. The average molecular weight is 300 g/mol. The Hall–Kier alpha value is -1.56. The maximum atomic E-state index is 13.2. The van der Waals surface area contributed by atoms with Gasteiger partial charge in [-0.15, -0.1) is 0 Å². The van der Waals surface area contributed by atoms with Crippen LogP contribution in [0.3, 0.4) is 0 Å². The molecule has 0 saturated carbocycles. The third-order valence-electron chi connectivity index (χ3n) is 3.79. The molecule has 0 bridgehead atoms. The van der Waals surface area contributed by atoms with E-state index in [9.17, 15) is 18.0 Å². The zero-order chi connectivity index (χ0) is 15.8. The molecule has 0 spiro atoms. The maximum absolute atomic E-state index is 13.2. The smallest absolute Gasteiger partial charge is 0.325 e. The topological polar surface area (TPSA) is 41.1 Å². The lowest BCUT2D eigenvalue weighted by Gasteiger charge is -2.23. The van der Waals surface area contributed by atoms with Gasteiger partial charge in [0, 0.05) is 5.69 Å². The second-order valence-corrected chi connectivity index (χ2v) is 5.81. The quantitative estimate of drug-likeness (QED) is 0.893. The zero-order valence-corrected chi connectivity index (χ0v) is 12.3. The van der Waals surface area contributed by atoms with Gasteiger partial charge in [0.15, 0.2) is 0 Å². The Morgan fingerprint density at radius 2 is 2.00 bits per heavy atom. The van der Waals surface area contributed by atoms with Crippen molar-refractivity contribution in [3.05, 3.63) is 29.3 Å². The van der Waals surface area contributed by atoms with Gasteiger partial charge in [-0.05, 0) is 44.0 Å². The van der Waals surface area contributed by atoms with Crippen LogP contribution in [0.25, 0.3) is 0 Å². The first-order valence-corrected chi connectivity index (χ1v) is 6.94. The molecule has 2 rings (SSSR count). The van der Waals surface area contributed by atoms with Gasteiger partial charge in [-0.2, -0.15) is 13.2 Å². The number of rotatable bonds is 4. The summed E-state index contributed by atoms with van der Waals surface area (Å²) in [5.74, 6) is -0.195. The molecule has 2 N–H and O–H groups in total. The molecule has 116 valence electrons. The maximum Gasteiger partial charge on any atom is 0.407 e. The summed E-state index contributed by atoms with van der Waals surface area (Å²) in [6.45, 7) is 5.51. The van der Waals surface area contributed by atoms with E-state index in [2.05, 4.69) is 10.6 Å². The van der Waals surface area contributed by atoms with Gasteiger partial charge in [0.05, 0.1) is 5.41 Å². The monoisotopic (exact) mass is 300 g/mol. The third-order valence-corrected chi connectivity index (χ3v) is 3.79. The number of benzene rings is 1. The van der Waals surface area contributed by atoms with Gasteiger partial charge < -0.3 is 10.6 Å². The van der Waals surface area contributed by atoms with Gasteiger partial charge in [-0.3, -0.25) is 4.79 Å². The molecular formula is C15H19F3N2O. The third kappa shape index (κ3) is 2.90. The molecule has 1 aliphatic heterocycles. The van der Waals surface area contributed by atoms with Crippen molar-refractivity contribution in [2.24, 2.45) is 0 Å². The van der Waals surface area contributed by atoms with Crippen LogP contribution in [0.2, 0.25) is 0 Å². The van der Waals surface area contributed by atoms with Gasteiger partial charge in [-0.25, -0.2) is 0 Å². The minimum atomic E-state index is -4.37. The van der Waals surface area contributed by atoms with Crippen LogP contribution < -0.4 is 10.6 Å². The number of amides is 1. The van der Waals surface area contributed by atoms with E-state index in [1.165, 1.54) is 12.1 Å². The summed E-state index contributed by atoms with van der Waals surface area (Å²) in [6, 6.07) is 2.73. The first-order chi connectivity index (χ1) is 9.67. The van der Waals surface area contributed by atoms with Gasteiger partial charge in [0.1, 0.15) is 6.04 Å². The van der Waals surface area contributed by atoms with Crippen LogP contribution in [0.15, 0.2) is 18.2 Å². The number of hydrogen-bond acceptors (Lipinski definition) is 2. The summed E-state index contributed by atoms with van der Waals surface area (Å²) in [4.78, 5) is 11.9. The van der Waals surface area contributed by atoms with Crippen molar-refractivity contribution >= 4 is 11.6 Å². The van der Waals surface area contributed by atoms with Crippen LogP contribution in [0.4, 0.5) is 18.9 Å². The highest BCUT2D eigenvalue weighted by molar-refractivity contribution is 6.05.